The van der Waals surface area contributed by atoms with E-state index in [-0.39, 0.29) is 5.91 Å². The number of aryl methyl sites for hydroxylation is 2. The minimum absolute atomic E-state index is 0.118. The molecule has 5 nitrogen and oxygen atoms in total. The highest BCUT2D eigenvalue weighted by Gasteiger charge is 2.10. The Balaban J connectivity index is 1.68. The Labute approximate surface area is 161 Å². The van der Waals surface area contributed by atoms with Crippen LogP contribution < -0.4 is 5.32 Å². The lowest BCUT2D eigenvalue weighted by atomic mass is 10.1. The Morgan fingerprint density at radius 2 is 1.81 bits per heavy atom. The van der Waals surface area contributed by atoms with Crippen LogP contribution in [0.1, 0.15) is 27.3 Å². The zero-order chi connectivity index (χ0) is 18.5. The zero-order valence-corrected chi connectivity index (χ0v) is 16.2. The molecule has 26 heavy (non-hydrogen) atoms. The molecule has 0 atom stereocenters. The predicted molar refractivity (Wildman–Crippen MR) is 105 cm³/mol. The fraction of sp³-hybridized carbons (Fsp3) is 0.200. The molecule has 0 unspecified atom stereocenters. The Morgan fingerprint density at radius 1 is 1.04 bits per heavy atom. The number of carbonyl (C=O) groups is 1. The summed E-state index contributed by atoms with van der Waals surface area (Å²) < 4.78 is 0.842. The van der Waals surface area contributed by atoms with Crippen molar-refractivity contribution in [1.82, 2.24) is 20.3 Å². The standard InChI is InChI=1S/C20H19BrN4O/c1-13-3-4-19(25-10-13)16-7-17(9-18(21)8-16)20(26)22-6-5-15-11-23-14(2)24-12-15/h3-4,7-12H,5-6H2,1-2H3,(H,22,26). The van der Waals surface area contributed by atoms with E-state index in [1.54, 1.807) is 12.4 Å². The van der Waals surface area contributed by atoms with Gasteiger partial charge in [-0.2, -0.15) is 0 Å². The summed E-state index contributed by atoms with van der Waals surface area (Å²) in [6.07, 6.45) is 6.08. The third-order valence-electron chi connectivity index (χ3n) is 3.90. The first kappa shape index (κ1) is 18.2. The number of nitrogens with one attached hydrogen (secondary N) is 1. The summed E-state index contributed by atoms with van der Waals surface area (Å²) in [6.45, 7) is 4.37. The van der Waals surface area contributed by atoms with Crippen LogP contribution in [0.25, 0.3) is 11.3 Å². The number of hydrogen-bond donors (Lipinski definition) is 1. The minimum Gasteiger partial charge on any atom is -0.352 e. The van der Waals surface area contributed by atoms with Gasteiger partial charge in [0, 0.05) is 40.7 Å². The van der Waals surface area contributed by atoms with E-state index in [2.05, 4.69) is 36.2 Å². The van der Waals surface area contributed by atoms with Gasteiger partial charge in [-0.3, -0.25) is 9.78 Å². The fourth-order valence-corrected chi connectivity index (χ4v) is 2.97. The van der Waals surface area contributed by atoms with Crippen LogP contribution in [-0.4, -0.2) is 27.4 Å². The van der Waals surface area contributed by atoms with Crippen LogP contribution in [0.4, 0.5) is 0 Å². The first-order valence-electron chi connectivity index (χ1n) is 8.30. The van der Waals surface area contributed by atoms with E-state index in [4.69, 9.17) is 0 Å². The van der Waals surface area contributed by atoms with Crippen LogP contribution in [0, 0.1) is 13.8 Å². The SMILES string of the molecule is Cc1ccc(-c2cc(Br)cc(C(=O)NCCc3cnc(C)nc3)c2)nc1. The molecule has 2 heterocycles. The Kier molecular flexibility index (Phi) is 5.73. The molecule has 1 aromatic carbocycles. The topological polar surface area (TPSA) is 67.8 Å². The van der Waals surface area contributed by atoms with Crippen molar-refractivity contribution in [2.45, 2.75) is 20.3 Å². The van der Waals surface area contributed by atoms with E-state index >= 15 is 0 Å². The molecule has 6 heteroatoms. The fourth-order valence-electron chi connectivity index (χ4n) is 2.48. The molecule has 2 aromatic heterocycles. The van der Waals surface area contributed by atoms with Crippen LogP contribution in [-0.2, 0) is 6.42 Å². The lowest BCUT2D eigenvalue weighted by Crippen LogP contribution is -2.25. The molecule has 0 aliphatic rings. The maximum Gasteiger partial charge on any atom is 0.251 e. The third-order valence-corrected chi connectivity index (χ3v) is 4.36. The van der Waals surface area contributed by atoms with Gasteiger partial charge in [0.25, 0.3) is 5.91 Å². The van der Waals surface area contributed by atoms with E-state index in [1.807, 2.05) is 50.4 Å². The van der Waals surface area contributed by atoms with Gasteiger partial charge in [0.1, 0.15) is 5.82 Å². The molecule has 0 aliphatic heterocycles. The quantitative estimate of drug-likeness (QED) is 0.692. The maximum atomic E-state index is 12.5. The smallest absolute Gasteiger partial charge is 0.251 e. The molecular weight excluding hydrogens is 392 g/mol. The summed E-state index contributed by atoms with van der Waals surface area (Å²) in [4.78, 5) is 25.2. The van der Waals surface area contributed by atoms with Gasteiger partial charge in [0.2, 0.25) is 0 Å². The number of pyridine rings is 1. The van der Waals surface area contributed by atoms with E-state index in [0.29, 0.717) is 18.5 Å². The summed E-state index contributed by atoms with van der Waals surface area (Å²) in [5, 5.41) is 2.94. The monoisotopic (exact) mass is 410 g/mol. The minimum atomic E-state index is -0.118. The lowest BCUT2D eigenvalue weighted by Gasteiger charge is -2.08. The van der Waals surface area contributed by atoms with Crippen LogP contribution in [0.5, 0.6) is 0 Å². The Morgan fingerprint density at radius 3 is 2.50 bits per heavy atom. The number of amides is 1. The van der Waals surface area contributed by atoms with Crippen molar-refractivity contribution in [1.29, 1.82) is 0 Å². The largest absolute Gasteiger partial charge is 0.352 e. The number of carbonyl (C=O) groups excluding carboxylic acids is 1. The van der Waals surface area contributed by atoms with Crippen molar-refractivity contribution >= 4 is 21.8 Å². The van der Waals surface area contributed by atoms with Gasteiger partial charge in [0.05, 0.1) is 5.69 Å². The highest BCUT2D eigenvalue weighted by molar-refractivity contribution is 9.10. The maximum absolute atomic E-state index is 12.5. The number of hydrogen-bond acceptors (Lipinski definition) is 4. The van der Waals surface area contributed by atoms with Gasteiger partial charge in [-0.1, -0.05) is 22.0 Å². The van der Waals surface area contributed by atoms with Gasteiger partial charge in [-0.05, 0) is 55.7 Å². The van der Waals surface area contributed by atoms with Crippen molar-refractivity contribution < 1.29 is 4.79 Å². The molecule has 0 radical (unpaired) electrons. The van der Waals surface area contributed by atoms with E-state index in [9.17, 15) is 4.79 Å². The van der Waals surface area contributed by atoms with E-state index < -0.39 is 0 Å². The average Bonchev–Trinajstić information content (AvgIpc) is 2.63. The van der Waals surface area contributed by atoms with Crippen molar-refractivity contribution in [2.24, 2.45) is 0 Å². The number of halogens is 1. The summed E-state index contributed by atoms with van der Waals surface area (Å²) in [6, 6.07) is 9.58. The Hall–Kier alpha value is -2.60. The van der Waals surface area contributed by atoms with Gasteiger partial charge in [0.15, 0.2) is 0 Å². The normalized spacial score (nSPS) is 10.6. The second-order valence-electron chi connectivity index (χ2n) is 6.09. The van der Waals surface area contributed by atoms with E-state index in [0.717, 1.165) is 32.7 Å². The molecule has 132 valence electrons. The van der Waals surface area contributed by atoms with Crippen molar-refractivity contribution in [3.05, 3.63) is 75.9 Å². The highest BCUT2D eigenvalue weighted by Crippen LogP contribution is 2.24. The van der Waals surface area contributed by atoms with Crippen LogP contribution in [0.2, 0.25) is 0 Å². The predicted octanol–water partition coefficient (Wildman–Crippen LogP) is 3.89. The molecule has 0 bridgehead atoms. The molecule has 0 spiro atoms. The number of nitrogens with zero attached hydrogens (tertiary/aromatic N) is 3. The summed E-state index contributed by atoms with van der Waals surface area (Å²) in [5.41, 5.74) is 4.42. The van der Waals surface area contributed by atoms with Crippen molar-refractivity contribution in [3.63, 3.8) is 0 Å². The van der Waals surface area contributed by atoms with Gasteiger partial charge >= 0.3 is 0 Å². The summed E-state index contributed by atoms with van der Waals surface area (Å²) >= 11 is 3.48. The molecule has 3 rings (SSSR count). The molecule has 0 aliphatic carbocycles. The highest BCUT2D eigenvalue weighted by atomic mass is 79.9. The third kappa shape index (κ3) is 4.73. The molecule has 1 N–H and O–H groups in total. The van der Waals surface area contributed by atoms with Crippen LogP contribution in [0.15, 0.2) is 53.4 Å². The summed E-state index contributed by atoms with van der Waals surface area (Å²) in [5.74, 6) is 0.622. The second-order valence-corrected chi connectivity index (χ2v) is 7.01. The van der Waals surface area contributed by atoms with Crippen LogP contribution in [0.3, 0.4) is 0 Å². The number of rotatable bonds is 5. The first-order chi connectivity index (χ1) is 12.5. The molecule has 3 aromatic rings. The average molecular weight is 411 g/mol. The van der Waals surface area contributed by atoms with Gasteiger partial charge in [-0.15, -0.1) is 0 Å². The molecule has 0 saturated carbocycles. The molecule has 0 fully saturated rings. The van der Waals surface area contributed by atoms with Gasteiger partial charge in [-0.25, -0.2) is 9.97 Å². The van der Waals surface area contributed by atoms with Crippen molar-refractivity contribution in [3.8, 4) is 11.3 Å². The zero-order valence-electron chi connectivity index (χ0n) is 14.7. The van der Waals surface area contributed by atoms with Crippen LogP contribution >= 0.6 is 15.9 Å². The molecular formula is C20H19BrN4O. The van der Waals surface area contributed by atoms with Crippen molar-refractivity contribution in [2.75, 3.05) is 6.54 Å². The van der Waals surface area contributed by atoms with Gasteiger partial charge < -0.3 is 5.32 Å². The van der Waals surface area contributed by atoms with E-state index in [1.165, 1.54) is 0 Å². The number of aromatic nitrogens is 3. The number of benzene rings is 1. The second kappa shape index (κ2) is 8.19. The lowest BCUT2D eigenvalue weighted by molar-refractivity contribution is 0.0954. The molecule has 1 amide bonds. The Bertz CT molecular complexity index is 908. The first-order valence-corrected chi connectivity index (χ1v) is 9.10. The molecule has 0 saturated heterocycles. The summed E-state index contributed by atoms with van der Waals surface area (Å²) in [7, 11) is 0.